The molecular formula is C17H19ClN2O. The summed E-state index contributed by atoms with van der Waals surface area (Å²) in [4.78, 5) is 12.1. The number of benzene rings is 2. The summed E-state index contributed by atoms with van der Waals surface area (Å²) in [6.45, 7) is 3.69. The maximum atomic E-state index is 12.1. The SMILES string of the molecule is CCNCc1ccccc1NC(=O)Cc1cccc(Cl)c1. The molecule has 0 spiro atoms. The zero-order valence-corrected chi connectivity index (χ0v) is 12.8. The molecule has 0 saturated carbocycles. The second kappa shape index (κ2) is 7.81. The van der Waals surface area contributed by atoms with Crippen molar-refractivity contribution in [2.75, 3.05) is 11.9 Å². The van der Waals surface area contributed by atoms with E-state index in [2.05, 4.69) is 17.6 Å². The van der Waals surface area contributed by atoms with Crippen molar-refractivity contribution in [3.05, 3.63) is 64.7 Å². The molecule has 0 unspecified atom stereocenters. The molecule has 3 nitrogen and oxygen atoms in total. The number of nitrogens with one attached hydrogen (secondary N) is 2. The van der Waals surface area contributed by atoms with Crippen LogP contribution in [-0.2, 0) is 17.8 Å². The van der Waals surface area contributed by atoms with Gasteiger partial charge < -0.3 is 10.6 Å². The highest BCUT2D eigenvalue weighted by molar-refractivity contribution is 6.30. The molecule has 0 radical (unpaired) electrons. The third-order valence-corrected chi connectivity index (χ3v) is 3.35. The zero-order chi connectivity index (χ0) is 15.1. The smallest absolute Gasteiger partial charge is 0.228 e. The van der Waals surface area contributed by atoms with Gasteiger partial charge in [-0.05, 0) is 35.9 Å². The number of carbonyl (C=O) groups excluding carboxylic acids is 1. The molecule has 0 heterocycles. The van der Waals surface area contributed by atoms with Gasteiger partial charge in [-0.25, -0.2) is 0 Å². The second-order valence-corrected chi connectivity index (χ2v) is 5.23. The van der Waals surface area contributed by atoms with Gasteiger partial charge in [0.25, 0.3) is 0 Å². The molecule has 4 heteroatoms. The molecule has 0 atom stereocenters. The van der Waals surface area contributed by atoms with Crippen LogP contribution >= 0.6 is 11.6 Å². The predicted octanol–water partition coefficient (Wildman–Crippen LogP) is 3.63. The number of hydrogen-bond donors (Lipinski definition) is 2. The number of halogens is 1. The van der Waals surface area contributed by atoms with Gasteiger partial charge >= 0.3 is 0 Å². The van der Waals surface area contributed by atoms with Crippen molar-refractivity contribution in [2.45, 2.75) is 19.9 Å². The topological polar surface area (TPSA) is 41.1 Å². The zero-order valence-electron chi connectivity index (χ0n) is 12.0. The summed E-state index contributed by atoms with van der Waals surface area (Å²) < 4.78 is 0. The van der Waals surface area contributed by atoms with Crippen molar-refractivity contribution in [1.29, 1.82) is 0 Å². The van der Waals surface area contributed by atoms with Crippen molar-refractivity contribution in [3.8, 4) is 0 Å². The largest absolute Gasteiger partial charge is 0.325 e. The molecule has 0 aliphatic heterocycles. The number of para-hydroxylation sites is 1. The molecule has 2 aromatic rings. The fraction of sp³-hybridized carbons (Fsp3) is 0.235. The summed E-state index contributed by atoms with van der Waals surface area (Å²) in [5.74, 6) is -0.0405. The van der Waals surface area contributed by atoms with Crippen LogP contribution in [0, 0.1) is 0 Å². The van der Waals surface area contributed by atoms with Crippen LogP contribution in [0.2, 0.25) is 5.02 Å². The van der Waals surface area contributed by atoms with Crippen LogP contribution in [0.3, 0.4) is 0 Å². The molecule has 2 N–H and O–H groups in total. The first-order valence-corrected chi connectivity index (χ1v) is 7.39. The third kappa shape index (κ3) is 4.88. The van der Waals surface area contributed by atoms with Crippen LogP contribution in [-0.4, -0.2) is 12.5 Å². The summed E-state index contributed by atoms with van der Waals surface area (Å²) in [6.07, 6.45) is 0.316. The highest BCUT2D eigenvalue weighted by atomic mass is 35.5. The monoisotopic (exact) mass is 302 g/mol. The first kappa shape index (κ1) is 15.5. The van der Waals surface area contributed by atoms with E-state index in [1.54, 1.807) is 6.07 Å². The van der Waals surface area contributed by atoms with Crippen LogP contribution in [0.25, 0.3) is 0 Å². The van der Waals surface area contributed by atoms with Gasteiger partial charge in [0.2, 0.25) is 5.91 Å². The standard InChI is InChI=1S/C17H19ClN2O/c1-2-19-12-14-7-3-4-9-16(14)20-17(21)11-13-6-5-8-15(18)10-13/h3-10,19H,2,11-12H2,1H3,(H,20,21). The number of amides is 1. The van der Waals surface area contributed by atoms with Gasteiger partial charge in [-0.3, -0.25) is 4.79 Å². The van der Waals surface area contributed by atoms with Gasteiger partial charge in [-0.15, -0.1) is 0 Å². The lowest BCUT2D eigenvalue weighted by Gasteiger charge is -2.11. The molecule has 2 aromatic carbocycles. The quantitative estimate of drug-likeness (QED) is 0.855. The van der Waals surface area contributed by atoms with Crippen LogP contribution < -0.4 is 10.6 Å². The minimum Gasteiger partial charge on any atom is -0.325 e. The molecule has 0 aromatic heterocycles. The van der Waals surface area contributed by atoms with E-state index >= 15 is 0 Å². The fourth-order valence-corrected chi connectivity index (χ4v) is 2.30. The lowest BCUT2D eigenvalue weighted by atomic mass is 10.1. The van der Waals surface area contributed by atoms with E-state index in [0.717, 1.165) is 29.9 Å². The molecule has 0 saturated heterocycles. The third-order valence-electron chi connectivity index (χ3n) is 3.11. The van der Waals surface area contributed by atoms with Crippen molar-refractivity contribution < 1.29 is 4.79 Å². The Morgan fingerprint density at radius 2 is 1.95 bits per heavy atom. The summed E-state index contributed by atoms with van der Waals surface area (Å²) in [5.41, 5.74) is 2.84. The Morgan fingerprint density at radius 3 is 2.71 bits per heavy atom. The van der Waals surface area contributed by atoms with Gasteiger partial charge in [-0.1, -0.05) is 48.9 Å². The average Bonchev–Trinajstić information content (AvgIpc) is 2.46. The molecule has 0 bridgehead atoms. The number of anilines is 1. The van der Waals surface area contributed by atoms with E-state index in [1.807, 2.05) is 42.5 Å². The molecular weight excluding hydrogens is 284 g/mol. The summed E-state index contributed by atoms with van der Waals surface area (Å²) >= 11 is 5.93. The first-order chi connectivity index (χ1) is 10.2. The molecule has 110 valence electrons. The molecule has 0 aliphatic rings. The Kier molecular flexibility index (Phi) is 5.78. The minimum absolute atomic E-state index is 0.0405. The Balaban J connectivity index is 2.02. The second-order valence-electron chi connectivity index (χ2n) is 4.79. The lowest BCUT2D eigenvalue weighted by Crippen LogP contribution is -2.18. The molecule has 0 fully saturated rings. The van der Waals surface area contributed by atoms with E-state index < -0.39 is 0 Å². The molecule has 1 amide bonds. The number of carbonyl (C=O) groups is 1. The first-order valence-electron chi connectivity index (χ1n) is 7.02. The molecule has 2 rings (SSSR count). The predicted molar refractivity (Wildman–Crippen MR) is 87.6 cm³/mol. The van der Waals surface area contributed by atoms with Crippen LogP contribution in [0.5, 0.6) is 0 Å². The van der Waals surface area contributed by atoms with Crippen molar-refractivity contribution in [2.24, 2.45) is 0 Å². The van der Waals surface area contributed by atoms with Gasteiger partial charge in [0, 0.05) is 17.3 Å². The van der Waals surface area contributed by atoms with E-state index in [0.29, 0.717) is 11.4 Å². The Hall–Kier alpha value is -1.84. The number of hydrogen-bond acceptors (Lipinski definition) is 2. The average molecular weight is 303 g/mol. The van der Waals surface area contributed by atoms with Crippen LogP contribution in [0.4, 0.5) is 5.69 Å². The molecule has 0 aliphatic carbocycles. The van der Waals surface area contributed by atoms with Gasteiger partial charge in [-0.2, -0.15) is 0 Å². The normalized spacial score (nSPS) is 10.4. The van der Waals surface area contributed by atoms with E-state index in [-0.39, 0.29) is 5.91 Å². The minimum atomic E-state index is -0.0405. The van der Waals surface area contributed by atoms with Crippen LogP contribution in [0.1, 0.15) is 18.1 Å². The van der Waals surface area contributed by atoms with Crippen molar-refractivity contribution in [1.82, 2.24) is 5.32 Å². The van der Waals surface area contributed by atoms with Crippen molar-refractivity contribution in [3.63, 3.8) is 0 Å². The molecule has 21 heavy (non-hydrogen) atoms. The maximum absolute atomic E-state index is 12.1. The summed E-state index contributed by atoms with van der Waals surface area (Å²) in [5, 5.41) is 6.88. The Bertz CT molecular complexity index is 613. The fourth-order valence-electron chi connectivity index (χ4n) is 2.08. The van der Waals surface area contributed by atoms with Crippen LogP contribution in [0.15, 0.2) is 48.5 Å². The van der Waals surface area contributed by atoms with E-state index in [4.69, 9.17) is 11.6 Å². The van der Waals surface area contributed by atoms with Crippen molar-refractivity contribution >= 4 is 23.2 Å². The maximum Gasteiger partial charge on any atom is 0.228 e. The van der Waals surface area contributed by atoms with E-state index in [1.165, 1.54) is 0 Å². The highest BCUT2D eigenvalue weighted by Gasteiger charge is 2.07. The van der Waals surface area contributed by atoms with Gasteiger partial charge in [0.05, 0.1) is 6.42 Å². The van der Waals surface area contributed by atoms with Gasteiger partial charge in [0.15, 0.2) is 0 Å². The van der Waals surface area contributed by atoms with E-state index in [9.17, 15) is 4.79 Å². The van der Waals surface area contributed by atoms with Gasteiger partial charge in [0.1, 0.15) is 0 Å². The summed E-state index contributed by atoms with van der Waals surface area (Å²) in [7, 11) is 0. The number of rotatable bonds is 6. The highest BCUT2D eigenvalue weighted by Crippen LogP contribution is 2.16. The lowest BCUT2D eigenvalue weighted by molar-refractivity contribution is -0.115. The Labute approximate surface area is 130 Å². The Morgan fingerprint density at radius 1 is 1.14 bits per heavy atom. The summed E-state index contributed by atoms with van der Waals surface area (Å²) in [6, 6.07) is 15.2.